The maximum absolute atomic E-state index is 14.2. The molecule has 1 aromatic carbocycles. The van der Waals surface area contributed by atoms with Crippen LogP contribution in [-0.2, 0) is 17.8 Å². The van der Waals surface area contributed by atoms with E-state index in [1.54, 1.807) is 24.4 Å². The number of allylic oxidation sites excluding steroid dienone is 1. The van der Waals surface area contributed by atoms with E-state index in [1.807, 2.05) is 12.3 Å². The number of hydroxylamine groups is 1. The van der Waals surface area contributed by atoms with Crippen LogP contribution in [0.3, 0.4) is 0 Å². The van der Waals surface area contributed by atoms with Crippen molar-refractivity contribution in [1.29, 1.82) is 0 Å². The van der Waals surface area contributed by atoms with Crippen LogP contribution in [0.15, 0.2) is 59.7 Å². The molecule has 1 saturated heterocycles. The van der Waals surface area contributed by atoms with Crippen molar-refractivity contribution in [1.82, 2.24) is 15.0 Å². The van der Waals surface area contributed by atoms with Crippen molar-refractivity contribution < 1.29 is 9.23 Å². The Balaban J connectivity index is 1.42. The summed E-state index contributed by atoms with van der Waals surface area (Å²) in [6.07, 6.45) is 6.43. The first-order valence-corrected chi connectivity index (χ1v) is 10.9. The molecular weight excluding hydrogens is 431 g/mol. The van der Waals surface area contributed by atoms with Gasteiger partial charge in [0.15, 0.2) is 0 Å². The number of rotatable bonds is 4. The van der Waals surface area contributed by atoms with E-state index in [1.165, 1.54) is 10.6 Å². The monoisotopic (exact) mass is 452 g/mol. The largest absolute Gasteiger partial charge is 0.367 e. The third kappa shape index (κ3) is 4.07. The van der Waals surface area contributed by atoms with E-state index in [4.69, 9.17) is 16.4 Å². The zero-order valence-corrected chi connectivity index (χ0v) is 18.1. The average molecular weight is 453 g/mol. The number of nitrogens with zero attached hydrogens (tertiary/aromatic N) is 3. The molecule has 164 valence electrons. The number of fused-ring (bicyclic) bond motifs is 1. The SMILES string of the molecule is O=c1cc(C2=CCc3ncc(N4CCNOCC4)cc32)ccn1Cc1cccc(Cl)c1F. The van der Waals surface area contributed by atoms with E-state index in [9.17, 15) is 9.18 Å². The third-order valence-electron chi connectivity index (χ3n) is 5.84. The van der Waals surface area contributed by atoms with Gasteiger partial charge in [-0.05, 0) is 29.3 Å². The summed E-state index contributed by atoms with van der Waals surface area (Å²) in [7, 11) is 0. The Morgan fingerprint density at radius 3 is 3.00 bits per heavy atom. The van der Waals surface area contributed by atoms with E-state index >= 15 is 0 Å². The fraction of sp³-hybridized carbons (Fsp3) is 0.250. The van der Waals surface area contributed by atoms with Gasteiger partial charge in [0.1, 0.15) is 5.82 Å². The minimum atomic E-state index is -0.495. The van der Waals surface area contributed by atoms with Crippen molar-refractivity contribution in [2.24, 2.45) is 0 Å². The smallest absolute Gasteiger partial charge is 0.251 e. The maximum atomic E-state index is 14.2. The van der Waals surface area contributed by atoms with E-state index in [0.717, 1.165) is 54.1 Å². The van der Waals surface area contributed by atoms with E-state index < -0.39 is 5.82 Å². The van der Waals surface area contributed by atoms with Crippen LogP contribution in [-0.4, -0.2) is 35.8 Å². The molecule has 0 spiro atoms. The standard InChI is InChI=1S/C24H22ClFN4O2/c25-21-3-1-2-17(24(21)26)15-30-8-6-16(12-23(30)31)19-4-5-22-20(19)13-18(14-27-22)29-9-7-28-32-11-10-29/h1-4,6,8,12-14,28H,5,7,9-11,15H2. The summed E-state index contributed by atoms with van der Waals surface area (Å²) >= 11 is 5.87. The summed E-state index contributed by atoms with van der Waals surface area (Å²) in [6, 6.07) is 10.4. The Labute approximate surface area is 189 Å². The number of nitrogens with one attached hydrogen (secondary N) is 1. The Bertz CT molecular complexity index is 1250. The highest BCUT2D eigenvalue weighted by Gasteiger charge is 2.20. The highest BCUT2D eigenvalue weighted by molar-refractivity contribution is 6.30. The van der Waals surface area contributed by atoms with E-state index in [0.29, 0.717) is 12.2 Å². The number of pyridine rings is 2. The van der Waals surface area contributed by atoms with Crippen LogP contribution >= 0.6 is 11.6 Å². The van der Waals surface area contributed by atoms with Gasteiger partial charge in [-0.2, -0.15) is 0 Å². The van der Waals surface area contributed by atoms with Crippen LogP contribution in [0.4, 0.5) is 10.1 Å². The molecule has 2 aliphatic rings. The first-order chi connectivity index (χ1) is 15.6. The molecule has 0 unspecified atom stereocenters. The van der Waals surface area contributed by atoms with Crippen LogP contribution in [0.1, 0.15) is 22.4 Å². The van der Waals surface area contributed by atoms with Gasteiger partial charge >= 0.3 is 0 Å². The molecule has 0 amide bonds. The van der Waals surface area contributed by atoms with Crippen molar-refractivity contribution >= 4 is 22.9 Å². The zero-order valence-electron chi connectivity index (χ0n) is 17.4. The van der Waals surface area contributed by atoms with E-state index in [-0.39, 0.29) is 17.1 Å². The molecule has 0 bridgehead atoms. The number of halogens is 2. The number of benzene rings is 1. The van der Waals surface area contributed by atoms with Gasteiger partial charge in [-0.1, -0.05) is 29.8 Å². The van der Waals surface area contributed by atoms with Crippen LogP contribution in [0.25, 0.3) is 5.57 Å². The topological polar surface area (TPSA) is 59.4 Å². The number of aromatic nitrogens is 2. The molecule has 1 N–H and O–H groups in total. The van der Waals surface area contributed by atoms with Gasteiger partial charge in [-0.25, -0.2) is 9.87 Å². The Morgan fingerprint density at radius 2 is 2.12 bits per heavy atom. The lowest BCUT2D eigenvalue weighted by Crippen LogP contribution is -2.28. The van der Waals surface area contributed by atoms with Gasteiger partial charge in [-0.15, -0.1) is 0 Å². The highest BCUT2D eigenvalue weighted by atomic mass is 35.5. The van der Waals surface area contributed by atoms with Crippen LogP contribution < -0.4 is 15.9 Å². The van der Waals surface area contributed by atoms with Gasteiger partial charge in [0.05, 0.1) is 35.8 Å². The second-order valence-corrected chi connectivity index (χ2v) is 8.24. The summed E-state index contributed by atoms with van der Waals surface area (Å²) in [5.41, 5.74) is 8.01. The molecule has 1 aliphatic heterocycles. The van der Waals surface area contributed by atoms with Crippen LogP contribution in [0.5, 0.6) is 0 Å². The zero-order chi connectivity index (χ0) is 22.1. The molecule has 2 aromatic heterocycles. The van der Waals surface area contributed by atoms with Crippen molar-refractivity contribution in [3.8, 4) is 0 Å². The quantitative estimate of drug-likeness (QED) is 0.657. The minimum absolute atomic E-state index is 0.0509. The Kier molecular flexibility index (Phi) is 5.78. The lowest BCUT2D eigenvalue weighted by Gasteiger charge is -2.22. The molecule has 0 atom stereocenters. The molecule has 5 rings (SSSR count). The molecule has 1 fully saturated rings. The van der Waals surface area contributed by atoms with Gasteiger partial charge in [0, 0.05) is 49.4 Å². The first kappa shape index (κ1) is 20.9. The Morgan fingerprint density at radius 1 is 1.22 bits per heavy atom. The lowest BCUT2D eigenvalue weighted by atomic mass is 10.0. The predicted molar refractivity (Wildman–Crippen MR) is 122 cm³/mol. The van der Waals surface area contributed by atoms with Gasteiger partial charge in [0.25, 0.3) is 5.56 Å². The van der Waals surface area contributed by atoms with Crippen molar-refractivity contribution in [3.63, 3.8) is 0 Å². The number of anilines is 1. The van der Waals surface area contributed by atoms with Gasteiger partial charge in [-0.3, -0.25) is 14.6 Å². The maximum Gasteiger partial charge on any atom is 0.251 e. The van der Waals surface area contributed by atoms with Crippen molar-refractivity contribution in [2.75, 3.05) is 31.1 Å². The second-order valence-electron chi connectivity index (χ2n) is 7.83. The second kappa shape index (κ2) is 8.86. The predicted octanol–water partition coefficient (Wildman–Crippen LogP) is 3.41. The van der Waals surface area contributed by atoms with Crippen molar-refractivity contribution in [2.45, 2.75) is 13.0 Å². The van der Waals surface area contributed by atoms with E-state index in [2.05, 4.69) is 27.5 Å². The molecule has 8 heteroatoms. The molecule has 0 saturated carbocycles. The van der Waals surface area contributed by atoms with Crippen molar-refractivity contribution in [3.05, 3.63) is 98.4 Å². The third-order valence-corrected chi connectivity index (χ3v) is 6.13. The number of hydrogen-bond acceptors (Lipinski definition) is 5. The molecule has 6 nitrogen and oxygen atoms in total. The molecule has 1 aliphatic carbocycles. The lowest BCUT2D eigenvalue weighted by molar-refractivity contribution is 0.0589. The highest BCUT2D eigenvalue weighted by Crippen LogP contribution is 2.33. The number of hydrogen-bond donors (Lipinski definition) is 1. The van der Waals surface area contributed by atoms with Crippen LogP contribution in [0, 0.1) is 5.82 Å². The van der Waals surface area contributed by atoms with Gasteiger partial charge in [0.2, 0.25) is 0 Å². The average Bonchev–Trinajstić information content (AvgIpc) is 3.02. The van der Waals surface area contributed by atoms with Crippen LogP contribution in [0.2, 0.25) is 5.02 Å². The molecular formula is C24H22ClFN4O2. The summed E-state index contributed by atoms with van der Waals surface area (Å²) in [4.78, 5) is 25.0. The minimum Gasteiger partial charge on any atom is -0.367 e. The molecule has 32 heavy (non-hydrogen) atoms. The molecule has 3 aromatic rings. The summed E-state index contributed by atoms with van der Waals surface area (Å²) in [5, 5.41) is 0.0509. The fourth-order valence-corrected chi connectivity index (χ4v) is 4.34. The normalized spacial score (nSPS) is 15.9. The Hall–Kier alpha value is -3.00. The molecule has 0 radical (unpaired) electrons. The summed E-state index contributed by atoms with van der Waals surface area (Å²) < 4.78 is 15.7. The summed E-state index contributed by atoms with van der Waals surface area (Å²) in [6.45, 7) is 3.08. The fourth-order valence-electron chi connectivity index (χ4n) is 4.14. The van der Waals surface area contributed by atoms with Gasteiger partial charge < -0.3 is 9.47 Å². The first-order valence-electron chi connectivity index (χ1n) is 10.5. The summed E-state index contributed by atoms with van der Waals surface area (Å²) in [5.74, 6) is -0.495. The molecule has 3 heterocycles.